The quantitative estimate of drug-likeness (QED) is 0.475. The molecule has 2 N–H and O–H groups in total. The summed E-state index contributed by atoms with van der Waals surface area (Å²) < 4.78 is 5.98. The summed E-state index contributed by atoms with van der Waals surface area (Å²) in [7, 11) is 1.58. The number of carbonyl (C=O) groups excluding carboxylic acids is 1. The number of aromatic hydroxyl groups is 1. The molecule has 6 heteroatoms. The lowest BCUT2D eigenvalue weighted by molar-refractivity contribution is 0.0955. The van der Waals surface area contributed by atoms with Gasteiger partial charge in [-0.3, -0.25) is 4.79 Å². The average molecular weight is 396 g/mol. The fraction of sp³-hybridized carbons (Fsp3) is 0.0667. The Balaban J connectivity index is 2.05. The van der Waals surface area contributed by atoms with E-state index in [1.54, 1.807) is 49.6 Å². The molecular formula is C15H13IN2O3. The van der Waals surface area contributed by atoms with Crippen LogP contribution in [0.2, 0.25) is 0 Å². The lowest BCUT2D eigenvalue weighted by Crippen LogP contribution is -2.17. The number of carbonyl (C=O) groups is 1. The van der Waals surface area contributed by atoms with E-state index in [1.807, 2.05) is 0 Å². The number of nitrogens with one attached hydrogen (secondary N) is 1. The molecule has 0 aromatic heterocycles. The predicted molar refractivity (Wildman–Crippen MR) is 88.9 cm³/mol. The van der Waals surface area contributed by atoms with Gasteiger partial charge in [0.2, 0.25) is 0 Å². The number of nitrogens with zero attached hydrogens (tertiary/aromatic N) is 1. The Morgan fingerprint density at radius 2 is 2.10 bits per heavy atom. The normalized spacial score (nSPS) is 10.6. The van der Waals surface area contributed by atoms with Crippen LogP contribution in [0.3, 0.4) is 0 Å². The Labute approximate surface area is 135 Å². The Morgan fingerprint density at radius 1 is 1.33 bits per heavy atom. The number of hydrazone groups is 1. The summed E-state index contributed by atoms with van der Waals surface area (Å²) in [6, 6.07) is 11.8. The van der Waals surface area contributed by atoms with Gasteiger partial charge in [-0.05, 0) is 52.9 Å². The molecule has 0 saturated heterocycles. The van der Waals surface area contributed by atoms with E-state index >= 15 is 0 Å². The van der Waals surface area contributed by atoms with E-state index in [2.05, 4.69) is 33.1 Å². The van der Waals surface area contributed by atoms with Crippen LogP contribution < -0.4 is 10.2 Å². The minimum Gasteiger partial charge on any atom is -0.507 e. The van der Waals surface area contributed by atoms with Crippen LogP contribution in [-0.4, -0.2) is 24.3 Å². The van der Waals surface area contributed by atoms with Gasteiger partial charge in [-0.2, -0.15) is 5.10 Å². The molecule has 108 valence electrons. The van der Waals surface area contributed by atoms with E-state index in [1.165, 1.54) is 6.21 Å². The minimum atomic E-state index is -0.331. The predicted octanol–water partition coefficient (Wildman–Crippen LogP) is 2.77. The van der Waals surface area contributed by atoms with Gasteiger partial charge in [0.1, 0.15) is 11.5 Å². The maximum Gasteiger partial charge on any atom is 0.271 e. The SMILES string of the molecule is COc1ccc(C(=O)NN=Cc2ccccc2O)cc1I. The van der Waals surface area contributed by atoms with Gasteiger partial charge < -0.3 is 9.84 Å². The second kappa shape index (κ2) is 7.07. The third-order valence-corrected chi connectivity index (χ3v) is 3.56. The average Bonchev–Trinajstić information content (AvgIpc) is 2.49. The van der Waals surface area contributed by atoms with Crippen molar-refractivity contribution in [2.75, 3.05) is 7.11 Å². The van der Waals surface area contributed by atoms with Crippen molar-refractivity contribution in [2.24, 2.45) is 5.10 Å². The standard InChI is InChI=1S/C15H13IN2O3/c1-21-14-7-6-10(8-12(14)16)15(20)18-17-9-11-4-2-3-5-13(11)19/h2-9,19H,1H3,(H,18,20). The summed E-state index contributed by atoms with van der Waals surface area (Å²) in [6.45, 7) is 0. The highest BCUT2D eigenvalue weighted by atomic mass is 127. The number of phenolic OH excluding ortho intramolecular Hbond substituents is 1. The van der Waals surface area contributed by atoms with Crippen molar-refractivity contribution in [3.05, 3.63) is 57.2 Å². The number of para-hydroxylation sites is 1. The molecule has 1 amide bonds. The summed E-state index contributed by atoms with van der Waals surface area (Å²) >= 11 is 2.09. The zero-order chi connectivity index (χ0) is 15.2. The van der Waals surface area contributed by atoms with E-state index in [-0.39, 0.29) is 11.7 Å². The van der Waals surface area contributed by atoms with Gasteiger partial charge in [0.25, 0.3) is 5.91 Å². The van der Waals surface area contributed by atoms with Crippen LogP contribution in [0.4, 0.5) is 0 Å². The van der Waals surface area contributed by atoms with E-state index in [0.717, 1.165) is 3.57 Å². The molecule has 0 aliphatic heterocycles. The minimum absolute atomic E-state index is 0.106. The van der Waals surface area contributed by atoms with Crippen molar-refractivity contribution in [1.82, 2.24) is 5.43 Å². The highest BCUT2D eigenvalue weighted by Crippen LogP contribution is 2.21. The fourth-order valence-electron chi connectivity index (χ4n) is 1.63. The lowest BCUT2D eigenvalue weighted by Gasteiger charge is -2.05. The number of methoxy groups -OCH3 is 1. The molecule has 2 rings (SSSR count). The van der Waals surface area contributed by atoms with Gasteiger partial charge >= 0.3 is 0 Å². The van der Waals surface area contributed by atoms with E-state index in [9.17, 15) is 9.90 Å². The molecule has 2 aromatic carbocycles. The lowest BCUT2D eigenvalue weighted by atomic mass is 10.2. The zero-order valence-corrected chi connectivity index (χ0v) is 13.4. The molecular weight excluding hydrogens is 383 g/mol. The molecule has 2 aromatic rings. The molecule has 21 heavy (non-hydrogen) atoms. The molecule has 0 atom stereocenters. The van der Waals surface area contributed by atoms with Gasteiger partial charge in [-0.15, -0.1) is 0 Å². The van der Waals surface area contributed by atoms with Gasteiger partial charge in [0, 0.05) is 11.1 Å². The van der Waals surface area contributed by atoms with E-state index < -0.39 is 0 Å². The molecule has 0 unspecified atom stereocenters. The van der Waals surface area contributed by atoms with E-state index in [0.29, 0.717) is 16.9 Å². The van der Waals surface area contributed by atoms with Crippen LogP contribution in [0.1, 0.15) is 15.9 Å². The third-order valence-electron chi connectivity index (χ3n) is 2.72. The molecule has 0 saturated carbocycles. The summed E-state index contributed by atoms with van der Waals surface area (Å²) in [5.74, 6) is 0.488. The molecule has 0 radical (unpaired) electrons. The summed E-state index contributed by atoms with van der Waals surface area (Å²) in [5, 5.41) is 13.4. The molecule has 0 aliphatic carbocycles. The van der Waals surface area contributed by atoms with Crippen LogP contribution in [0.5, 0.6) is 11.5 Å². The zero-order valence-electron chi connectivity index (χ0n) is 11.2. The molecule has 0 spiro atoms. The molecule has 0 heterocycles. The first kappa shape index (κ1) is 15.3. The monoisotopic (exact) mass is 396 g/mol. The maximum atomic E-state index is 11.9. The highest BCUT2D eigenvalue weighted by Gasteiger charge is 2.07. The number of rotatable bonds is 4. The first-order valence-corrected chi connectivity index (χ1v) is 7.14. The fourth-order valence-corrected chi connectivity index (χ4v) is 2.36. The Morgan fingerprint density at radius 3 is 2.76 bits per heavy atom. The van der Waals surface area contributed by atoms with Crippen LogP contribution in [-0.2, 0) is 0 Å². The summed E-state index contributed by atoms with van der Waals surface area (Å²) in [6.07, 6.45) is 1.39. The van der Waals surface area contributed by atoms with Crippen molar-refractivity contribution in [3.8, 4) is 11.5 Å². The number of hydrogen-bond acceptors (Lipinski definition) is 4. The van der Waals surface area contributed by atoms with Crippen LogP contribution in [0.25, 0.3) is 0 Å². The van der Waals surface area contributed by atoms with Crippen LogP contribution in [0.15, 0.2) is 47.6 Å². The maximum absolute atomic E-state index is 11.9. The first-order chi connectivity index (χ1) is 10.1. The first-order valence-electron chi connectivity index (χ1n) is 6.06. The van der Waals surface area contributed by atoms with Crippen molar-refractivity contribution in [1.29, 1.82) is 0 Å². The number of ether oxygens (including phenoxy) is 1. The smallest absolute Gasteiger partial charge is 0.271 e. The van der Waals surface area contributed by atoms with Gasteiger partial charge in [-0.25, -0.2) is 5.43 Å². The van der Waals surface area contributed by atoms with Gasteiger partial charge in [-0.1, -0.05) is 12.1 Å². The second-order valence-electron chi connectivity index (χ2n) is 4.11. The summed E-state index contributed by atoms with van der Waals surface area (Å²) in [5.41, 5.74) is 3.43. The van der Waals surface area contributed by atoms with Crippen molar-refractivity contribution >= 4 is 34.7 Å². The van der Waals surface area contributed by atoms with Crippen molar-refractivity contribution in [2.45, 2.75) is 0 Å². The van der Waals surface area contributed by atoms with Gasteiger partial charge in [0.05, 0.1) is 16.9 Å². The van der Waals surface area contributed by atoms with Gasteiger partial charge in [0.15, 0.2) is 0 Å². The number of amides is 1. The van der Waals surface area contributed by atoms with Crippen LogP contribution >= 0.6 is 22.6 Å². The number of hydrogen-bond donors (Lipinski definition) is 2. The number of phenols is 1. The number of benzene rings is 2. The van der Waals surface area contributed by atoms with Crippen molar-refractivity contribution in [3.63, 3.8) is 0 Å². The van der Waals surface area contributed by atoms with E-state index in [4.69, 9.17) is 4.74 Å². The molecule has 0 fully saturated rings. The topological polar surface area (TPSA) is 70.9 Å². The van der Waals surface area contributed by atoms with Crippen molar-refractivity contribution < 1.29 is 14.6 Å². The second-order valence-corrected chi connectivity index (χ2v) is 5.27. The third kappa shape index (κ3) is 3.94. The molecule has 0 bridgehead atoms. The molecule has 0 aliphatic rings. The number of halogens is 1. The Hall–Kier alpha value is -2.09. The Bertz CT molecular complexity index is 686. The van der Waals surface area contributed by atoms with Crippen LogP contribution in [0, 0.1) is 3.57 Å². The Kier molecular flexibility index (Phi) is 5.15. The molecule has 5 nitrogen and oxygen atoms in total. The largest absolute Gasteiger partial charge is 0.507 e. The highest BCUT2D eigenvalue weighted by molar-refractivity contribution is 14.1. The summed E-state index contributed by atoms with van der Waals surface area (Å²) in [4.78, 5) is 11.9.